The van der Waals surface area contributed by atoms with E-state index in [1.807, 2.05) is 12.1 Å². The van der Waals surface area contributed by atoms with Crippen LogP contribution in [-0.2, 0) is 4.84 Å². The van der Waals surface area contributed by atoms with Gasteiger partial charge in [0.15, 0.2) is 0 Å². The third kappa shape index (κ3) is 3.80. The van der Waals surface area contributed by atoms with Gasteiger partial charge >= 0.3 is 0 Å². The molecule has 0 unspecified atom stereocenters. The summed E-state index contributed by atoms with van der Waals surface area (Å²) < 4.78 is 0. The Morgan fingerprint density at radius 3 is 2.94 bits per heavy atom. The first kappa shape index (κ1) is 14.2. The van der Waals surface area contributed by atoms with Crippen LogP contribution < -0.4 is 5.32 Å². The summed E-state index contributed by atoms with van der Waals surface area (Å²) in [7, 11) is 1.96. The van der Waals surface area contributed by atoms with Crippen LogP contribution in [0.1, 0.15) is 20.3 Å². The first-order chi connectivity index (χ1) is 8.10. The summed E-state index contributed by atoms with van der Waals surface area (Å²) in [5.74, 6) is 0. The smallest absolute Gasteiger partial charge is 0.0864 e. The molecule has 96 valence electrons. The van der Waals surface area contributed by atoms with Crippen molar-refractivity contribution in [2.45, 2.75) is 32.4 Å². The molecule has 0 radical (unpaired) electrons. The standard InChI is InChI=1S/C14H24N2O/c1-6-8-17-16(5)14-10-15-12(7-2)9-13(14)11(3)4/h6,9,12,14-15H,1,3,7-8,10H2,2,4-5H3/t12-,14+/m1/s1. The molecular weight excluding hydrogens is 212 g/mol. The lowest BCUT2D eigenvalue weighted by Gasteiger charge is -2.35. The zero-order chi connectivity index (χ0) is 12.8. The molecule has 0 saturated carbocycles. The van der Waals surface area contributed by atoms with Gasteiger partial charge in [0.2, 0.25) is 0 Å². The number of likely N-dealkylation sites (N-methyl/N-ethyl adjacent to an activating group) is 1. The SMILES string of the molecule is C=CCON(C)[C@H]1CN[C@H](CC)C=C1C(=C)C. The highest BCUT2D eigenvalue weighted by atomic mass is 16.7. The molecule has 1 rings (SSSR count). The minimum Gasteiger partial charge on any atom is -0.309 e. The fraction of sp³-hybridized carbons (Fsp3) is 0.571. The number of nitrogens with zero attached hydrogens (tertiary/aromatic N) is 1. The molecule has 2 atom stereocenters. The lowest BCUT2D eigenvalue weighted by molar-refractivity contribution is -0.148. The van der Waals surface area contributed by atoms with E-state index >= 15 is 0 Å². The minimum atomic E-state index is 0.232. The van der Waals surface area contributed by atoms with Gasteiger partial charge in [-0.05, 0) is 18.9 Å². The Hall–Kier alpha value is -0.900. The van der Waals surface area contributed by atoms with E-state index in [1.165, 1.54) is 5.57 Å². The molecule has 0 aromatic carbocycles. The second-order valence-electron chi connectivity index (χ2n) is 4.47. The second kappa shape index (κ2) is 6.74. The maximum atomic E-state index is 5.57. The Morgan fingerprint density at radius 1 is 1.71 bits per heavy atom. The van der Waals surface area contributed by atoms with Crippen molar-refractivity contribution >= 4 is 0 Å². The molecule has 0 aliphatic carbocycles. The zero-order valence-corrected chi connectivity index (χ0v) is 11.2. The van der Waals surface area contributed by atoms with Gasteiger partial charge in [0.05, 0.1) is 12.6 Å². The summed E-state index contributed by atoms with van der Waals surface area (Å²) in [6, 6.07) is 0.681. The Morgan fingerprint density at radius 2 is 2.41 bits per heavy atom. The van der Waals surface area contributed by atoms with E-state index in [0.717, 1.165) is 18.5 Å². The first-order valence-electron chi connectivity index (χ1n) is 6.17. The maximum Gasteiger partial charge on any atom is 0.0864 e. The van der Waals surface area contributed by atoms with Crippen LogP contribution in [0, 0.1) is 0 Å². The van der Waals surface area contributed by atoms with Crippen LogP contribution >= 0.6 is 0 Å². The normalized spacial score (nSPS) is 24.6. The summed E-state index contributed by atoms with van der Waals surface area (Å²) in [5, 5.41) is 5.39. The predicted octanol–water partition coefficient (Wildman–Crippen LogP) is 2.29. The summed E-state index contributed by atoms with van der Waals surface area (Å²) in [5.41, 5.74) is 2.39. The van der Waals surface area contributed by atoms with E-state index in [2.05, 4.69) is 38.4 Å². The van der Waals surface area contributed by atoms with Crippen molar-refractivity contribution in [3.05, 3.63) is 36.5 Å². The number of nitrogens with one attached hydrogen (secondary N) is 1. The zero-order valence-electron chi connectivity index (χ0n) is 11.2. The van der Waals surface area contributed by atoms with Crippen molar-refractivity contribution < 1.29 is 4.84 Å². The van der Waals surface area contributed by atoms with Crippen molar-refractivity contribution in [2.75, 3.05) is 20.2 Å². The average molecular weight is 236 g/mol. The van der Waals surface area contributed by atoms with Gasteiger partial charge < -0.3 is 5.32 Å². The van der Waals surface area contributed by atoms with Gasteiger partial charge in [-0.25, -0.2) is 0 Å². The van der Waals surface area contributed by atoms with E-state index in [-0.39, 0.29) is 6.04 Å². The number of hydrogen-bond acceptors (Lipinski definition) is 3. The molecule has 0 spiro atoms. The fourth-order valence-electron chi connectivity index (χ4n) is 2.03. The van der Waals surface area contributed by atoms with Gasteiger partial charge in [-0.15, -0.1) is 6.58 Å². The monoisotopic (exact) mass is 236 g/mol. The lowest BCUT2D eigenvalue weighted by atomic mass is 9.93. The van der Waals surface area contributed by atoms with E-state index < -0.39 is 0 Å². The predicted molar refractivity (Wildman–Crippen MR) is 72.7 cm³/mol. The summed E-state index contributed by atoms with van der Waals surface area (Å²) in [4.78, 5) is 5.57. The highest BCUT2D eigenvalue weighted by Gasteiger charge is 2.25. The third-order valence-electron chi connectivity index (χ3n) is 3.08. The maximum absolute atomic E-state index is 5.57. The lowest BCUT2D eigenvalue weighted by Crippen LogP contribution is -2.48. The molecule has 0 aromatic rings. The quantitative estimate of drug-likeness (QED) is 0.565. The van der Waals surface area contributed by atoms with Gasteiger partial charge in [0.1, 0.15) is 0 Å². The molecule has 0 bridgehead atoms. The van der Waals surface area contributed by atoms with Gasteiger partial charge in [0, 0.05) is 19.6 Å². The molecule has 17 heavy (non-hydrogen) atoms. The molecule has 0 saturated heterocycles. The van der Waals surface area contributed by atoms with Crippen LogP contribution in [-0.4, -0.2) is 37.3 Å². The largest absolute Gasteiger partial charge is 0.309 e. The average Bonchev–Trinajstić information content (AvgIpc) is 2.35. The van der Waals surface area contributed by atoms with Crippen LogP contribution in [0.2, 0.25) is 0 Å². The Balaban J connectivity index is 2.77. The van der Waals surface area contributed by atoms with Crippen LogP contribution in [0.3, 0.4) is 0 Å². The van der Waals surface area contributed by atoms with E-state index in [1.54, 1.807) is 6.08 Å². The number of rotatable bonds is 6. The third-order valence-corrected chi connectivity index (χ3v) is 3.08. The Labute approximate surface area is 105 Å². The fourth-order valence-corrected chi connectivity index (χ4v) is 2.03. The minimum absolute atomic E-state index is 0.232. The molecule has 1 N–H and O–H groups in total. The van der Waals surface area contributed by atoms with E-state index in [4.69, 9.17) is 4.84 Å². The number of hydroxylamine groups is 2. The first-order valence-corrected chi connectivity index (χ1v) is 6.17. The van der Waals surface area contributed by atoms with Crippen LogP contribution in [0.4, 0.5) is 0 Å². The van der Waals surface area contributed by atoms with Crippen LogP contribution in [0.5, 0.6) is 0 Å². The molecule has 0 amide bonds. The molecular formula is C14H24N2O. The van der Waals surface area contributed by atoms with Crippen LogP contribution in [0.25, 0.3) is 0 Å². The summed E-state index contributed by atoms with van der Waals surface area (Å²) in [6.07, 6.45) is 5.12. The van der Waals surface area contributed by atoms with Crippen molar-refractivity contribution in [1.82, 2.24) is 10.4 Å². The topological polar surface area (TPSA) is 24.5 Å². The molecule has 1 aliphatic heterocycles. The summed E-state index contributed by atoms with van der Waals surface area (Å²) in [6.45, 7) is 13.4. The Kier molecular flexibility index (Phi) is 5.62. The van der Waals surface area contributed by atoms with Crippen LogP contribution in [0.15, 0.2) is 36.5 Å². The molecule has 0 fully saturated rings. The van der Waals surface area contributed by atoms with Gasteiger partial charge in [-0.2, -0.15) is 5.06 Å². The second-order valence-corrected chi connectivity index (χ2v) is 4.47. The van der Waals surface area contributed by atoms with Gasteiger partial charge in [-0.3, -0.25) is 4.84 Å². The number of hydrogen-bond donors (Lipinski definition) is 1. The van der Waals surface area contributed by atoms with Gasteiger partial charge in [0.25, 0.3) is 0 Å². The van der Waals surface area contributed by atoms with Crippen molar-refractivity contribution in [3.63, 3.8) is 0 Å². The van der Waals surface area contributed by atoms with Crippen molar-refractivity contribution in [1.29, 1.82) is 0 Å². The van der Waals surface area contributed by atoms with Crippen molar-refractivity contribution in [3.8, 4) is 0 Å². The highest BCUT2D eigenvalue weighted by Crippen LogP contribution is 2.21. The molecule has 1 aliphatic rings. The summed E-state index contributed by atoms with van der Waals surface area (Å²) >= 11 is 0. The molecule has 1 heterocycles. The molecule has 0 aromatic heterocycles. The Bertz CT molecular complexity index is 309. The van der Waals surface area contributed by atoms with Gasteiger partial charge in [-0.1, -0.05) is 31.2 Å². The molecule has 3 heteroatoms. The highest BCUT2D eigenvalue weighted by molar-refractivity contribution is 5.34. The molecule has 3 nitrogen and oxygen atoms in total. The van der Waals surface area contributed by atoms with Crippen molar-refractivity contribution in [2.24, 2.45) is 0 Å². The van der Waals surface area contributed by atoms with E-state index in [9.17, 15) is 0 Å². The van der Waals surface area contributed by atoms with E-state index in [0.29, 0.717) is 12.6 Å².